The van der Waals surface area contributed by atoms with Gasteiger partial charge in [0.15, 0.2) is 0 Å². The number of benzene rings is 1. The second-order valence-corrected chi connectivity index (χ2v) is 8.12. The van der Waals surface area contributed by atoms with Crippen molar-refractivity contribution in [3.63, 3.8) is 0 Å². The number of nitrogens with zero attached hydrogens (tertiary/aromatic N) is 2. The van der Waals surface area contributed by atoms with Gasteiger partial charge < -0.3 is 24.8 Å². The zero-order valence-corrected chi connectivity index (χ0v) is 18.0. The number of carbonyl (C=O) groups excluding carboxylic acids is 3. The summed E-state index contributed by atoms with van der Waals surface area (Å²) in [7, 11) is 1.62. The smallest absolute Gasteiger partial charge is 0.271 e. The van der Waals surface area contributed by atoms with Gasteiger partial charge in [0.1, 0.15) is 11.2 Å². The summed E-state index contributed by atoms with van der Waals surface area (Å²) in [6.07, 6.45) is 0.866. The third kappa shape index (κ3) is 4.33. The van der Waals surface area contributed by atoms with E-state index in [1.165, 1.54) is 4.90 Å². The second kappa shape index (κ2) is 8.87. The molecule has 3 rings (SSSR count). The Bertz CT molecular complexity index is 952. The number of fused-ring (bicyclic) bond motifs is 3. The molecule has 0 aliphatic carbocycles. The molecule has 2 N–H and O–H groups in total. The van der Waals surface area contributed by atoms with Gasteiger partial charge in [-0.2, -0.15) is 0 Å². The highest BCUT2D eigenvalue weighted by molar-refractivity contribution is 6.03. The van der Waals surface area contributed by atoms with Gasteiger partial charge in [0.05, 0.1) is 19.2 Å². The standard InChI is InChI=1S/C22H30N4O4/c1-15(2)30-11-7-10-23-19(27)13-24-21(29)22(3)14-26-17-9-6-5-8-16(17)12-18(26)20(28)25(22)4/h5-6,8-9,12,15H,7,10-11,13-14H2,1-4H3,(H,23,27)(H,24,29). The van der Waals surface area contributed by atoms with Crippen LogP contribution in [0.25, 0.3) is 10.9 Å². The minimum Gasteiger partial charge on any atom is -0.379 e. The molecule has 8 heteroatoms. The molecule has 2 aromatic rings. The molecule has 2 heterocycles. The minimum absolute atomic E-state index is 0.138. The number of nitrogens with one attached hydrogen (secondary N) is 2. The lowest BCUT2D eigenvalue weighted by Gasteiger charge is -2.41. The van der Waals surface area contributed by atoms with Gasteiger partial charge in [0.2, 0.25) is 11.8 Å². The van der Waals surface area contributed by atoms with E-state index < -0.39 is 5.54 Å². The Morgan fingerprint density at radius 1 is 1.23 bits per heavy atom. The van der Waals surface area contributed by atoms with Crippen LogP contribution in [0.2, 0.25) is 0 Å². The Kier molecular flexibility index (Phi) is 6.45. The molecule has 1 aromatic heterocycles. The van der Waals surface area contributed by atoms with Crippen molar-refractivity contribution in [2.75, 3.05) is 26.7 Å². The first-order chi connectivity index (χ1) is 14.2. The fourth-order valence-corrected chi connectivity index (χ4v) is 3.62. The van der Waals surface area contributed by atoms with Gasteiger partial charge in [-0.05, 0) is 39.3 Å². The lowest BCUT2D eigenvalue weighted by Crippen LogP contribution is -2.63. The monoisotopic (exact) mass is 414 g/mol. The van der Waals surface area contributed by atoms with E-state index in [0.717, 1.165) is 10.9 Å². The molecular weight excluding hydrogens is 384 g/mol. The molecule has 162 valence electrons. The normalized spacial score (nSPS) is 18.6. The van der Waals surface area contributed by atoms with Crippen LogP contribution in [0, 0.1) is 0 Å². The van der Waals surface area contributed by atoms with E-state index >= 15 is 0 Å². The van der Waals surface area contributed by atoms with E-state index in [9.17, 15) is 14.4 Å². The first-order valence-corrected chi connectivity index (χ1v) is 10.3. The van der Waals surface area contributed by atoms with E-state index in [-0.39, 0.29) is 30.4 Å². The third-order valence-electron chi connectivity index (χ3n) is 5.53. The number of para-hydroxylation sites is 1. The largest absolute Gasteiger partial charge is 0.379 e. The van der Waals surface area contributed by atoms with Crippen LogP contribution in [0.15, 0.2) is 30.3 Å². The van der Waals surface area contributed by atoms with E-state index in [4.69, 9.17) is 4.74 Å². The van der Waals surface area contributed by atoms with Crippen LogP contribution in [-0.2, 0) is 20.9 Å². The van der Waals surface area contributed by atoms with Crippen LogP contribution < -0.4 is 10.6 Å². The van der Waals surface area contributed by atoms with E-state index in [2.05, 4.69) is 10.6 Å². The predicted molar refractivity (Wildman–Crippen MR) is 114 cm³/mol. The average Bonchev–Trinajstić information content (AvgIpc) is 3.08. The van der Waals surface area contributed by atoms with Crippen molar-refractivity contribution in [3.05, 3.63) is 36.0 Å². The minimum atomic E-state index is -1.10. The van der Waals surface area contributed by atoms with Crippen LogP contribution in [-0.4, -0.2) is 65.6 Å². The molecule has 1 aliphatic rings. The molecule has 0 fully saturated rings. The average molecular weight is 415 g/mol. The maximum absolute atomic E-state index is 13.0. The molecule has 3 amide bonds. The second-order valence-electron chi connectivity index (χ2n) is 8.12. The molecule has 8 nitrogen and oxygen atoms in total. The van der Waals surface area contributed by atoms with Crippen molar-refractivity contribution in [1.82, 2.24) is 20.1 Å². The number of hydrogen-bond acceptors (Lipinski definition) is 4. The van der Waals surface area contributed by atoms with Gasteiger partial charge in [-0.3, -0.25) is 14.4 Å². The van der Waals surface area contributed by atoms with Gasteiger partial charge >= 0.3 is 0 Å². The molecule has 1 aromatic carbocycles. The fraction of sp³-hybridized carbons (Fsp3) is 0.500. The molecule has 1 atom stereocenters. The highest BCUT2D eigenvalue weighted by Crippen LogP contribution is 2.31. The summed E-state index contributed by atoms with van der Waals surface area (Å²) in [6.45, 7) is 6.87. The maximum atomic E-state index is 13.0. The quantitative estimate of drug-likeness (QED) is 0.641. The number of likely N-dealkylation sites (N-methyl/N-ethyl adjacent to an activating group) is 1. The van der Waals surface area contributed by atoms with Crippen molar-refractivity contribution < 1.29 is 19.1 Å². The predicted octanol–water partition coefficient (Wildman–Crippen LogP) is 1.53. The van der Waals surface area contributed by atoms with Gasteiger partial charge in [-0.1, -0.05) is 18.2 Å². The molecule has 0 bridgehead atoms. The molecular formula is C22H30N4O4. The first-order valence-electron chi connectivity index (χ1n) is 10.3. The molecule has 0 saturated carbocycles. The topological polar surface area (TPSA) is 92.7 Å². The van der Waals surface area contributed by atoms with Crippen LogP contribution in [0.4, 0.5) is 0 Å². The fourth-order valence-electron chi connectivity index (χ4n) is 3.62. The van der Waals surface area contributed by atoms with Gasteiger partial charge in [0, 0.05) is 31.1 Å². The molecule has 1 aliphatic heterocycles. The van der Waals surface area contributed by atoms with E-state index in [1.54, 1.807) is 14.0 Å². The summed E-state index contributed by atoms with van der Waals surface area (Å²) in [5, 5.41) is 6.41. The van der Waals surface area contributed by atoms with Crippen molar-refractivity contribution >= 4 is 28.6 Å². The number of ether oxygens (including phenoxy) is 1. The third-order valence-corrected chi connectivity index (χ3v) is 5.53. The number of amides is 3. The molecule has 30 heavy (non-hydrogen) atoms. The molecule has 0 spiro atoms. The van der Waals surface area contributed by atoms with Crippen LogP contribution in [0.3, 0.4) is 0 Å². The van der Waals surface area contributed by atoms with Crippen molar-refractivity contribution in [2.24, 2.45) is 0 Å². The number of rotatable bonds is 8. The van der Waals surface area contributed by atoms with Crippen molar-refractivity contribution in [3.8, 4) is 0 Å². The van der Waals surface area contributed by atoms with Gasteiger partial charge in [-0.25, -0.2) is 0 Å². The van der Waals surface area contributed by atoms with Crippen LogP contribution in [0.1, 0.15) is 37.7 Å². The van der Waals surface area contributed by atoms with Gasteiger partial charge in [0.25, 0.3) is 5.91 Å². The van der Waals surface area contributed by atoms with Crippen LogP contribution in [0.5, 0.6) is 0 Å². The van der Waals surface area contributed by atoms with E-state index in [0.29, 0.717) is 31.8 Å². The summed E-state index contributed by atoms with van der Waals surface area (Å²) >= 11 is 0. The highest BCUT2D eigenvalue weighted by atomic mass is 16.5. The molecule has 1 unspecified atom stereocenters. The Morgan fingerprint density at radius 2 is 1.97 bits per heavy atom. The zero-order valence-electron chi connectivity index (χ0n) is 18.0. The summed E-state index contributed by atoms with van der Waals surface area (Å²) in [5.41, 5.74) is 0.372. The Hall–Kier alpha value is -2.87. The Labute approximate surface area is 176 Å². The SMILES string of the molecule is CC(C)OCCCNC(=O)CNC(=O)C1(C)Cn2c(cc3ccccc32)C(=O)N1C. The Morgan fingerprint density at radius 3 is 2.70 bits per heavy atom. The lowest BCUT2D eigenvalue weighted by molar-refractivity contribution is -0.134. The lowest BCUT2D eigenvalue weighted by atomic mass is 9.95. The summed E-state index contributed by atoms with van der Waals surface area (Å²) < 4.78 is 7.31. The van der Waals surface area contributed by atoms with E-state index in [1.807, 2.05) is 48.7 Å². The highest BCUT2D eigenvalue weighted by Gasteiger charge is 2.45. The number of aromatic nitrogens is 1. The van der Waals surface area contributed by atoms with Crippen LogP contribution >= 0.6 is 0 Å². The summed E-state index contributed by atoms with van der Waals surface area (Å²) in [5.74, 6) is -0.849. The maximum Gasteiger partial charge on any atom is 0.271 e. The molecule has 0 saturated heterocycles. The summed E-state index contributed by atoms with van der Waals surface area (Å²) in [6, 6.07) is 9.56. The van der Waals surface area contributed by atoms with Gasteiger partial charge in [-0.15, -0.1) is 0 Å². The number of carbonyl (C=O) groups is 3. The van der Waals surface area contributed by atoms with Crippen molar-refractivity contribution in [1.29, 1.82) is 0 Å². The molecule has 0 radical (unpaired) electrons. The zero-order chi connectivity index (χ0) is 21.9. The van der Waals surface area contributed by atoms with Crippen molar-refractivity contribution in [2.45, 2.75) is 45.4 Å². The Balaban J connectivity index is 1.61. The number of hydrogen-bond donors (Lipinski definition) is 2. The summed E-state index contributed by atoms with van der Waals surface area (Å²) in [4.78, 5) is 39.4. The first kappa shape index (κ1) is 21.8.